The number of esters is 1. The zero-order valence-corrected chi connectivity index (χ0v) is 16.3. The van der Waals surface area contributed by atoms with Gasteiger partial charge in [-0.15, -0.1) is 0 Å². The monoisotopic (exact) mass is 432 g/mol. The molecule has 2 aromatic carbocycles. The molecule has 0 fully saturated rings. The first-order valence-corrected chi connectivity index (χ1v) is 8.59. The Morgan fingerprint density at radius 2 is 1.58 bits per heavy atom. The quantitative estimate of drug-likeness (QED) is 0.505. The first-order valence-electron chi connectivity index (χ1n) is 7.08. The summed E-state index contributed by atoms with van der Waals surface area (Å²) in [5, 5.41) is 6.58. The van der Waals surface area contributed by atoms with Gasteiger partial charge in [-0.25, -0.2) is 4.79 Å². The van der Waals surface area contributed by atoms with Crippen molar-refractivity contribution in [2.24, 2.45) is 0 Å². The molecule has 0 aromatic heterocycles. The molecule has 0 aliphatic rings. The molecule has 0 saturated heterocycles. The van der Waals surface area contributed by atoms with E-state index in [2.05, 4.69) is 15.4 Å². The number of benzene rings is 2. The van der Waals surface area contributed by atoms with Crippen LogP contribution in [0.2, 0.25) is 20.1 Å². The number of amides is 1. The zero-order valence-electron chi connectivity index (χ0n) is 13.3. The molecule has 0 unspecified atom stereocenters. The number of anilines is 1. The minimum absolute atomic E-state index is 0.144. The van der Waals surface area contributed by atoms with E-state index >= 15 is 0 Å². The molecule has 5 nitrogen and oxygen atoms in total. The van der Waals surface area contributed by atoms with Crippen LogP contribution < -0.4 is 10.6 Å². The molecule has 136 valence electrons. The summed E-state index contributed by atoms with van der Waals surface area (Å²) in [6.07, 6.45) is 1.25. The average Bonchev–Trinajstić information content (AvgIpc) is 2.58. The van der Waals surface area contributed by atoms with E-state index in [0.717, 1.165) is 0 Å². The minimum atomic E-state index is -0.763. The number of hydrogen-bond acceptors (Lipinski definition) is 4. The number of rotatable bonds is 5. The molecule has 9 heteroatoms. The molecule has 0 aliphatic carbocycles. The normalized spacial score (nSPS) is 11.0. The van der Waals surface area contributed by atoms with Crippen molar-refractivity contribution in [1.29, 1.82) is 0 Å². The number of carbonyl (C=O) groups is 2. The van der Waals surface area contributed by atoms with Crippen LogP contribution in [0.25, 0.3) is 0 Å². The van der Waals surface area contributed by atoms with Crippen molar-refractivity contribution >= 4 is 64.0 Å². The number of ether oxygens (including phenoxy) is 1. The van der Waals surface area contributed by atoms with Gasteiger partial charge in [-0.05, 0) is 36.4 Å². The SMILES string of the molecule is COC(=O)/C(=C/Nc1ccc(Cl)cc1Cl)NC(=O)c1ccc(Cl)cc1Cl. The minimum Gasteiger partial charge on any atom is -0.464 e. The van der Waals surface area contributed by atoms with E-state index in [-0.39, 0.29) is 16.3 Å². The van der Waals surface area contributed by atoms with Gasteiger partial charge in [0.25, 0.3) is 5.91 Å². The fourth-order valence-corrected chi connectivity index (χ4v) is 2.83. The van der Waals surface area contributed by atoms with Gasteiger partial charge in [0.2, 0.25) is 0 Å². The van der Waals surface area contributed by atoms with E-state index in [0.29, 0.717) is 20.8 Å². The Hall–Kier alpha value is -1.92. The van der Waals surface area contributed by atoms with Crippen LogP contribution in [0.3, 0.4) is 0 Å². The predicted molar refractivity (Wildman–Crippen MR) is 104 cm³/mol. The number of methoxy groups -OCH3 is 1. The van der Waals surface area contributed by atoms with E-state index in [9.17, 15) is 9.59 Å². The van der Waals surface area contributed by atoms with Gasteiger partial charge in [-0.3, -0.25) is 4.79 Å². The molecule has 2 N–H and O–H groups in total. The number of halogens is 4. The fraction of sp³-hybridized carbons (Fsp3) is 0.0588. The predicted octanol–water partition coefficient (Wildman–Crippen LogP) is 5.16. The van der Waals surface area contributed by atoms with E-state index in [1.165, 1.54) is 37.6 Å². The average molecular weight is 434 g/mol. The third-order valence-electron chi connectivity index (χ3n) is 3.13. The van der Waals surface area contributed by atoms with Gasteiger partial charge in [-0.2, -0.15) is 0 Å². The van der Waals surface area contributed by atoms with E-state index in [1.807, 2.05) is 0 Å². The number of nitrogens with one attached hydrogen (secondary N) is 2. The highest BCUT2D eigenvalue weighted by Crippen LogP contribution is 2.25. The maximum Gasteiger partial charge on any atom is 0.356 e. The Morgan fingerprint density at radius 3 is 2.15 bits per heavy atom. The topological polar surface area (TPSA) is 67.4 Å². The van der Waals surface area contributed by atoms with Crippen molar-refractivity contribution in [1.82, 2.24) is 5.32 Å². The molecule has 0 radical (unpaired) electrons. The van der Waals surface area contributed by atoms with Crippen LogP contribution in [-0.4, -0.2) is 19.0 Å². The molecule has 0 bridgehead atoms. The molecule has 0 spiro atoms. The van der Waals surface area contributed by atoms with Crippen molar-refractivity contribution in [3.8, 4) is 0 Å². The molecule has 1 amide bonds. The van der Waals surface area contributed by atoms with Crippen LogP contribution in [0.4, 0.5) is 5.69 Å². The molecule has 0 atom stereocenters. The Balaban J connectivity index is 2.24. The van der Waals surface area contributed by atoms with Gasteiger partial charge in [0.15, 0.2) is 0 Å². The first kappa shape index (κ1) is 20.4. The van der Waals surface area contributed by atoms with Crippen LogP contribution in [-0.2, 0) is 9.53 Å². The number of hydrogen-bond donors (Lipinski definition) is 2. The third kappa shape index (κ3) is 5.29. The summed E-state index contributed by atoms with van der Waals surface area (Å²) < 4.78 is 4.67. The highest BCUT2D eigenvalue weighted by Gasteiger charge is 2.17. The van der Waals surface area contributed by atoms with Crippen LogP contribution in [0.1, 0.15) is 10.4 Å². The summed E-state index contributed by atoms with van der Waals surface area (Å²) >= 11 is 23.7. The molecule has 0 heterocycles. The standard InChI is InChI=1S/C17H12Cl4N2O3/c1-26-17(25)15(8-22-14-5-3-10(19)7-13(14)21)23-16(24)11-4-2-9(18)6-12(11)20/h2-8,22H,1H3,(H,23,24)/b15-8-. The lowest BCUT2D eigenvalue weighted by Crippen LogP contribution is -2.29. The molecule has 0 aliphatic heterocycles. The molecule has 2 rings (SSSR count). The molecular formula is C17H12Cl4N2O3. The van der Waals surface area contributed by atoms with Gasteiger partial charge >= 0.3 is 5.97 Å². The largest absolute Gasteiger partial charge is 0.464 e. The Morgan fingerprint density at radius 1 is 0.962 bits per heavy atom. The van der Waals surface area contributed by atoms with E-state index < -0.39 is 11.9 Å². The molecule has 0 saturated carbocycles. The van der Waals surface area contributed by atoms with Crippen LogP contribution >= 0.6 is 46.4 Å². The Kier molecular flexibility index (Phi) is 7.17. The smallest absolute Gasteiger partial charge is 0.356 e. The van der Waals surface area contributed by atoms with Crippen molar-refractivity contribution < 1.29 is 14.3 Å². The lowest BCUT2D eigenvalue weighted by atomic mass is 10.2. The highest BCUT2D eigenvalue weighted by molar-refractivity contribution is 6.37. The maximum atomic E-state index is 12.4. The van der Waals surface area contributed by atoms with Gasteiger partial charge in [0.1, 0.15) is 5.70 Å². The maximum absolute atomic E-state index is 12.4. The zero-order chi connectivity index (χ0) is 19.3. The summed E-state index contributed by atoms with van der Waals surface area (Å²) in [6.45, 7) is 0. The van der Waals surface area contributed by atoms with Crippen molar-refractivity contribution in [3.63, 3.8) is 0 Å². The third-order valence-corrected chi connectivity index (χ3v) is 4.23. The number of carbonyl (C=O) groups excluding carboxylic acids is 2. The summed E-state index contributed by atoms with van der Waals surface area (Å²) in [4.78, 5) is 24.3. The van der Waals surface area contributed by atoms with Crippen LogP contribution in [0, 0.1) is 0 Å². The van der Waals surface area contributed by atoms with Crippen molar-refractivity contribution in [2.45, 2.75) is 0 Å². The van der Waals surface area contributed by atoms with E-state index in [4.69, 9.17) is 46.4 Å². The summed E-state index contributed by atoms with van der Waals surface area (Å²) in [5.41, 5.74) is 0.487. The summed E-state index contributed by atoms with van der Waals surface area (Å²) in [6, 6.07) is 9.14. The van der Waals surface area contributed by atoms with Crippen molar-refractivity contribution in [3.05, 3.63) is 73.9 Å². The lowest BCUT2D eigenvalue weighted by Gasteiger charge is -2.11. The summed E-state index contributed by atoms with van der Waals surface area (Å²) in [7, 11) is 1.19. The van der Waals surface area contributed by atoms with Gasteiger partial charge in [0, 0.05) is 16.2 Å². The highest BCUT2D eigenvalue weighted by atomic mass is 35.5. The Labute approximate surface area is 169 Å². The summed E-state index contributed by atoms with van der Waals surface area (Å²) in [5.74, 6) is -1.37. The van der Waals surface area contributed by atoms with Crippen molar-refractivity contribution in [2.75, 3.05) is 12.4 Å². The second-order valence-corrected chi connectivity index (χ2v) is 6.58. The molecule has 26 heavy (non-hydrogen) atoms. The van der Waals surface area contributed by atoms with Gasteiger partial charge in [0.05, 0.1) is 28.4 Å². The fourth-order valence-electron chi connectivity index (χ4n) is 1.88. The van der Waals surface area contributed by atoms with Gasteiger partial charge < -0.3 is 15.4 Å². The molecule has 2 aromatic rings. The lowest BCUT2D eigenvalue weighted by molar-refractivity contribution is -0.136. The second kappa shape index (κ2) is 9.14. The molecular weight excluding hydrogens is 422 g/mol. The Bertz CT molecular complexity index is 884. The van der Waals surface area contributed by atoms with Crippen LogP contribution in [0.15, 0.2) is 48.3 Å². The van der Waals surface area contributed by atoms with Gasteiger partial charge in [-0.1, -0.05) is 46.4 Å². The van der Waals surface area contributed by atoms with Crippen LogP contribution in [0.5, 0.6) is 0 Å². The second-order valence-electron chi connectivity index (χ2n) is 4.90. The first-order chi connectivity index (χ1) is 12.3. The van der Waals surface area contributed by atoms with E-state index in [1.54, 1.807) is 12.1 Å².